The number of ether oxygens (including phenoxy) is 1. The van der Waals surface area contributed by atoms with Gasteiger partial charge in [0, 0.05) is 23.4 Å². The molecule has 0 aliphatic carbocycles. The van der Waals surface area contributed by atoms with Gasteiger partial charge in [0.2, 0.25) is 0 Å². The molecule has 0 bridgehead atoms. The lowest BCUT2D eigenvalue weighted by Crippen LogP contribution is -2.48. The summed E-state index contributed by atoms with van der Waals surface area (Å²) < 4.78 is 65.7. The van der Waals surface area contributed by atoms with Gasteiger partial charge in [0.25, 0.3) is 0 Å². The molecule has 4 aromatic rings. The van der Waals surface area contributed by atoms with E-state index in [9.17, 15) is 13.9 Å². The maximum atomic E-state index is 15.8. The molecule has 0 unspecified atom stereocenters. The van der Waals surface area contributed by atoms with Crippen molar-refractivity contribution in [1.29, 1.82) is 0 Å². The molecule has 0 amide bonds. The van der Waals surface area contributed by atoms with Crippen molar-refractivity contribution in [3.63, 3.8) is 0 Å². The van der Waals surface area contributed by atoms with Crippen LogP contribution in [0.3, 0.4) is 0 Å². The fourth-order valence-corrected chi connectivity index (χ4v) is 3.54. The van der Waals surface area contributed by atoms with Crippen LogP contribution in [-0.4, -0.2) is 36.9 Å². The van der Waals surface area contributed by atoms with Gasteiger partial charge in [-0.3, -0.25) is 4.98 Å². The number of aliphatic hydroxyl groups is 1. The van der Waals surface area contributed by atoms with Gasteiger partial charge < -0.3 is 9.84 Å². The van der Waals surface area contributed by atoms with Gasteiger partial charge in [0.1, 0.15) is 29.4 Å². The zero-order chi connectivity index (χ0) is 24.3. The van der Waals surface area contributed by atoms with Crippen LogP contribution in [0, 0.1) is 11.6 Å². The van der Waals surface area contributed by atoms with E-state index in [0.717, 1.165) is 29.2 Å². The molecule has 0 radical (unpaired) electrons. The third-order valence-electron chi connectivity index (χ3n) is 5.26. The molecule has 7 nitrogen and oxygen atoms in total. The lowest BCUT2D eigenvalue weighted by molar-refractivity contribution is -0.207. The summed E-state index contributed by atoms with van der Waals surface area (Å²) in [7, 11) is 0. The Kier molecular flexibility index (Phi) is 6.29. The minimum atomic E-state index is -4.12. The monoisotopic (exact) mass is 473 g/mol. The fraction of sp³-hybridized carbons (Fsp3) is 0.217. The van der Waals surface area contributed by atoms with E-state index in [-0.39, 0.29) is 0 Å². The smallest absolute Gasteiger partial charge is 0.323 e. The van der Waals surface area contributed by atoms with E-state index in [2.05, 4.69) is 20.5 Å². The number of alkyl halides is 2. The summed E-state index contributed by atoms with van der Waals surface area (Å²) in [5.41, 5.74) is -3.58. The Morgan fingerprint density at radius 1 is 1.00 bits per heavy atom. The molecule has 2 aromatic heterocycles. The predicted molar refractivity (Wildman–Crippen MR) is 113 cm³/mol. The van der Waals surface area contributed by atoms with E-state index in [1.807, 2.05) is 6.92 Å². The van der Waals surface area contributed by atoms with Gasteiger partial charge in [-0.15, -0.1) is 5.10 Å². The maximum Gasteiger partial charge on any atom is 0.323 e. The lowest BCUT2D eigenvalue weighted by Gasteiger charge is -2.35. The SMILES string of the molecule is CCOc1ccc(-c2ccc(C(F)(F)[C@](O)(Cn3cnnn3)c3ccc(F)cc3F)nc2)cc1. The molecule has 0 spiro atoms. The van der Waals surface area contributed by atoms with Gasteiger partial charge in [-0.25, -0.2) is 13.5 Å². The molecule has 0 saturated heterocycles. The molecule has 1 atom stereocenters. The Bertz CT molecular complexity index is 1250. The van der Waals surface area contributed by atoms with Crippen molar-refractivity contribution in [3.8, 4) is 16.9 Å². The number of aromatic nitrogens is 5. The Balaban J connectivity index is 1.72. The predicted octanol–water partition coefficient (Wildman–Crippen LogP) is 4.09. The summed E-state index contributed by atoms with van der Waals surface area (Å²) >= 11 is 0. The van der Waals surface area contributed by atoms with Crippen LogP contribution in [0.25, 0.3) is 11.1 Å². The Morgan fingerprint density at radius 3 is 2.32 bits per heavy atom. The van der Waals surface area contributed by atoms with Crippen molar-refractivity contribution < 1.29 is 27.4 Å². The number of hydrogen-bond donors (Lipinski definition) is 1. The van der Waals surface area contributed by atoms with Crippen molar-refractivity contribution in [2.75, 3.05) is 6.61 Å². The van der Waals surface area contributed by atoms with Gasteiger partial charge in [0.05, 0.1) is 13.2 Å². The zero-order valence-corrected chi connectivity index (χ0v) is 17.9. The Morgan fingerprint density at radius 2 is 1.74 bits per heavy atom. The van der Waals surface area contributed by atoms with E-state index in [1.165, 1.54) is 12.3 Å². The summed E-state index contributed by atoms with van der Waals surface area (Å²) in [6.45, 7) is 1.44. The van der Waals surface area contributed by atoms with Gasteiger partial charge >= 0.3 is 5.92 Å². The normalized spacial score (nSPS) is 13.5. The highest BCUT2D eigenvalue weighted by Crippen LogP contribution is 2.46. The molecule has 0 aliphatic heterocycles. The highest BCUT2D eigenvalue weighted by molar-refractivity contribution is 5.63. The first-order valence-corrected chi connectivity index (χ1v) is 10.2. The molecule has 2 heterocycles. The van der Waals surface area contributed by atoms with Crippen LogP contribution in [0.4, 0.5) is 17.6 Å². The number of tetrazole rings is 1. The van der Waals surface area contributed by atoms with Gasteiger partial charge in [-0.05, 0) is 53.2 Å². The number of halogens is 4. The molecular formula is C23H19F4N5O2. The molecule has 0 aliphatic rings. The standard InChI is InChI=1S/C23H19F4N5O2/c1-2-34-18-7-3-15(4-8-18)16-5-10-21(28-12-16)23(26,27)22(33,13-32-14-29-30-31-32)19-9-6-17(24)11-20(19)25/h3-12,14,33H,2,13H2,1H3/t22-/m0/s1. The van der Waals surface area contributed by atoms with Gasteiger partial charge in [0.15, 0.2) is 5.60 Å². The Labute approximate surface area is 191 Å². The minimum Gasteiger partial charge on any atom is -0.494 e. The average Bonchev–Trinajstić information content (AvgIpc) is 3.32. The highest BCUT2D eigenvalue weighted by atomic mass is 19.3. The molecule has 0 saturated carbocycles. The van der Waals surface area contributed by atoms with Crippen LogP contribution in [0.2, 0.25) is 0 Å². The van der Waals surface area contributed by atoms with E-state index in [4.69, 9.17) is 4.74 Å². The third kappa shape index (κ3) is 4.34. The summed E-state index contributed by atoms with van der Waals surface area (Å²) in [5, 5.41) is 21.4. The second-order valence-corrected chi connectivity index (χ2v) is 7.46. The molecular weight excluding hydrogens is 454 g/mol. The molecule has 34 heavy (non-hydrogen) atoms. The van der Waals surface area contributed by atoms with E-state index in [0.29, 0.717) is 29.5 Å². The first kappa shape index (κ1) is 23.3. The number of rotatable bonds is 8. The molecule has 176 valence electrons. The largest absolute Gasteiger partial charge is 0.494 e. The number of nitrogens with zero attached hydrogens (tertiary/aromatic N) is 5. The maximum absolute atomic E-state index is 15.8. The number of pyridine rings is 1. The van der Waals surface area contributed by atoms with Crippen LogP contribution in [0.15, 0.2) is 67.1 Å². The van der Waals surface area contributed by atoms with Crippen LogP contribution < -0.4 is 4.74 Å². The summed E-state index contributed by atoms with van der Waals surface area (Å²) in [5.74, 6) is -5.78. The van der Waals surface area contributed by atoms with E-state index in [1.54, 1.807) is 24.3 Å². The second kappa shape index (κ2) is 9.18. The molecule has 4 rings (SSSR count). The van der Waals surface area contributed by atoms with Gasteiger partial charge in [-0.1, -0.05) is 18.2 Å². The number of benzene rings is 2. The van der Waals surface area contributed by atoms with Crippen molar-refractivity contribution in [3.05, 3.63) is 90.0 Å². The minimum absolute atomic E-state index is 0.415. The van der Waals surface area contributed by atoms with Crippen LogP contribution in [0.1, 0.15) is 18.2 Å². The van der Waals surface area contributed by atoms with Crippen molar-refractivity contribution in [2.24, 2.45) is 0 Å². The average molecular weight is 473 g/mol. The van der Waals surface area contributed by atoms with Crippen LogP contribution >= 0.6 is 0 Å². The first-order valence-electron chi connectivity index (χ1n) is 10.2. The third-order valence-corrected chi connectivity index (χ3v) is 5.26. The molecule has 1 N–H and O–H groups in total. The van der Waals surface area contributed by atoms with Gasteiger partial charge in [-0.2, -0.15) is 8.78 Å². The van der Waals surface area contributed by atoms with Crippen LogP contribution in [0.5, 0.6) is 5.75 Å². The molecule has 11 heteroatoms. The van der Waals surface area contributed by atoms with Crippen molar-refractivity contribution in [1.82, 2.24) is 25.2 Å². The topological polar surface area (TPSA) is 86.0 Å². The fourth-order valence-electron chi connectivity index (χ4n) is 3.54. The zero-order valence-electron chi connectivity index (χ0n) is 17.9. The van der Waals surface area contributed by atoms with E-state index < -0.39 is 41.0 Å². The number of hydrogen-bond acceptors (Lipinski definition) is 6. The van der Waals surface area contributed by atoms with Crippen molar-refractivity contribution in [2.45, 2.75) is 25.0 Å². The summed E-state index contributed by atoms with van der Waals surface area (Å²) in [4.78, 5) is 3.85. The lowest BCUT2D eigenvalue weighted by atomic mass is 9.84. The highest BCUT2D eigenvalue weighted by Gasteiger charge is 2.58. The molecule has 2 aromatic carbocycles. The van der Waals surface area contributed by atoms with Crippen molar-refractivity contribution >= 4 is 0 Å². The Hall–Kier alpha value is -3.86. The first-order chi connectivity index (χ1) is 16.2. The van der Waals surface area contributed by atoms with Crippen LogP contribution in [-0.2, 0) is 18.1 Å². The molecule has 0 fully saturated rings. The summed E-state index contributed by atoms with van der Waals surface area (Å²) in [6.07, 6.45) is 2.21. The quantitative estimate of drug-likeness (QED) is 0.388. The second-order valence-electron chi connectivity index (χ2n) is 7.46. The summed E-state index contributed by atoms with van der Waals surface area (Å²) in [6, 6.07) is 11.4. The van der Waals surface area contributed by atoms with E-state index >= 15 is 8.78 Å².